The van der Waals surface area contributed by atoms with Gasteiger partial charge < -0.3 is 0 Å². The van der Waals surface area contributed by atoms with Crippen molar-refractivity contribution in [1.29, 1.82) is 0 Å². The molecule has 0 radical (unpaired) electrons. The summed E-state index contributed by atoms with van der Waals surface area (Å²) >= 11 is 0. The molecule has 3 rings (SSSR count). The molecule has 0 heterocycles. The Hall–Kier alpha value is -2.41. The molecular weight excluding hydrogens is 283 g/mol. The second-order valence-corrected chi connectivity index (χ2v) is 6.01. The quantitative estimate of drug-likeness (QED) is 0.521. The van der Waals surface area contributed by atoms with Gasteiger partial charge in [0.25, 0.3) is 0 Å². The normalized spacial score (nSPS) is 10.7. The number of halogens is 1. The molecule has 0 bridgehead atoms. The SMILES string of the molecule is CCCc1ccc(-c2ccc(-c3ccc(C)cc3)cc2F)cc1. The summed E-state index contributed by atoms with van der Waals surface area (Å²) in [5, 5.41) is 0. The van der Waals surface area contributed by atoms with E-state index in [1.165, 1.54) is 11.1 Å². The Morgan fingerprint density at radius 3 is 1.96 bits per heavy atom. The maximum atomic E-state index is 14.5. The maximum absolute atomic E-state index is 14.5. The molecule has 0 saturated heterocycles. The van der Waals surface area contributed by atoms with Crippen LogP contribution in [-0.4, -0.2) is 0 Å². The summed E-state index contributed by atoms with van der Waals surface area (Å²) in [5.41, 5.74) is 6.04. The average molecular weight is 304 g/mol. The van der Waals surface area contributed by atoms with Crippen molar-refractivity contribution in [2.24, 2.45) is 0 Å². The first-order valence-electron chi connectivity index (χ1n) is 8.13. The van der Waals surface area contributed by atoms with Gasteiger partial charge in [-0.1, -0.05) is 79.6 Å². The number of hydrogen-bond donors (Lipinski definition) is 0. The first kappa shape index (κ1) is 15.5. The average Bonchev–Trinajstić information content (AvgIpc) is 2.57. The molecule has 0 fully saturated rings. The van der Waals surface area contributed by atoms with Gasteiger partial charge in [0.05, 0.1) is 0 Å². The fraction of sp³-hybridized carbons (Fsp3) is 0.182. The van der Waals surface area contributed by atoms with Crippen molar-refractivity contribution in [2.75, 3.05) is 0 Å². The highest BCUT2D eigenvalue weighted by Gasteiger charge is 2.07. The van der Waals surface area contributed by atoms with Crippen LogP contribution in [0.1, 0.15) is 24.5 Å². The molecule has 0 spiro atoms. The Bertz CT molecular complexity index is 783. The Labute approximate surface area is 137 Å². The lowest BCUT2D eigenvalue weighted by molar-refractivity contribution is 0.632. The Kier molecular flexibility index (Phi) is 4.57. The molecule has 0 aromatic heterocycles. The molecule has 0 unspecified atom stereocenters. The summed E-state index contributed by atoms with van der Waals surface area (Å²) in [6.07, 6.45) is 2.19. The second-order valence-electron chi connectivity index (χ2n) is 6.01. The van der Waals surface area contributed by atoms with E-state index in [4.69, 9.17) is 0 Å². The van der Waals surface area contributed by atoms with E-state index in [0.29, 0.717) is 5.56 Å². The summed E-state index contributed by atoms with van der Waals surface area (Å²) < 4.78 is 14.5. The van der Waals surface area contributed by atoms with Crippen LogP contribution in [0.15, 0.2) is 66.7 Å². The smallest absolute Gasteiger partial charge is 0.131 e. The Balaban J connectivity index is 1.91. The Morgan fingerprint density at radius 2 is 1.35 bits per heavy atom. The summed E-state index contributed by atoms with van der Waals surface area (Å²) in [6.45, 7) is 4.22. The zero-order chi connectivity index (χ0) is 16.2. The number of rotatable bonds is 4. The van der Waals surface area contributed by atoms with Gasteiger partial charge in [-0.05, 0) is 41.7 Å². The van der Waals surface area contributed by atoms with Crippen molar-refractivity contribution < 1.29 is 4.39 Å². The largest absolute Gasteiger partial charge is 0.206 e. The fourth-order valence-corrected chi connectivity index (χ4v) is 2.81. The molecular formula is C22H21F. The highest BCUT2D eigenvalue weighted by atomic mass is 19.1. The molecule has 0 aliphatic carbocycles. The number of benzene rings is 3. The second kappa shape index (κ2) is 6.78. The monoisotopic (exact) mass is 304 g/mol. The van der Waals surface area contributed by atoms with Crippen LogP contribution in [0, 0.1) is 12.7 Å². The van der Waals surface area contributed by atoms with Crippen molar-refractivity contribution in [3.05, 3.63) is 83.7 Å². The minimum atomic E-state index is -0.175. The van der Waals surface area contributed by atoms with Crippen molar-refractivity contribution in [2.45, 2.75) is 26.7 Å². The van der Waals surface area contributed by atoms with Crippen LogP contribution in [0.5, 0.6) is 0 Å². The van der Waals surface area contributed by atoms with Gasteiger partial charge in [0, 0.05) is 5.56 Å². The van der Waals surface area contributed by atoms with E-state index in [-0.39, 0.29) is 5.82 Å². The van der Waals surface area contributed by atoms with Crippen molar-refractivity contribution in [1.82, 2.24) is 0 Å². The summed E-state index contributed by atoms with van der Waals surface area (Å²) in [5.74, 6) is -0.175. The Morgan fingerprint density at radius 1 is 0.739 bits per heavy atom. The van der Waals surface area contributed by atoms with E-state index in [9.17, 15) is 4.39 Å². The molecule has 0 nitrogen and oxygen atoms in total. The zero-order valence-electron chi connectivity index (χ0n) is 13.6. The van der Waals surface area contributed by atoms with Crippen LogP contribution in [0.25, 0.3) is 22.3 Å². The van der Waals surface area contributed by atoms with Crippen molar-refractivity contribution >= 4 is 0 Å². The predicted octanol–water partition coefficient (Wildman–Crippen LogP) is 6.42. The molecule has 0 atom stereocenters. The van der Waals surface area contributed by atoms with Crippen LogP contribution in [-0.2, 0) is 6.42 Å². The van der Waals surface area contributed by atoms with E-state index in [2.05, 4.69) is 26.0 Å². The van der Waals surface area contributed by atoms with Gasteiger partial charge in [-0.15, -0.1) is 0 Å². The summed E-state index contributed by atoms with van der Waals surface area (Å²) in [4.78, 5) is 0. The van der Waals surface area contributed by atoms with E-state index < -0.39 is 0 Å². The number of aryl methyl sites for hydroxylation is 2. The first-order valence-corrected chi connectivity index (χ1v) is 8.13. The van der Waals surface area contributed by atoms with E-state index >= 15 is 0 Å². The molecule has 23 heavy (non-hydrogen) atoms. The van der Waals surface area contributed by atoms with Crippen LogP contribution in [0.2, 0.25) is 0 Å². The molecule has 0 aliphatic rings. The molecule has 0 amide bonds. The summed E-state index contributed by atoms with van der Waals surface area (Å²) in [6, 6.07) is 21.8. The summed E-state index contributed by atoms with van der Waals surface area (Å²) in [7, 11) is 0. The van der Waals surface area contributed by atoms with Crippen LogP contribution < -0.4 is 0 Å². The highest BCUT2D eigenvalue weighted by Crippen LogP contribution is 2.28. The molecule has 3 aromatic rings. The fourth-order valence-electron chi connectivity index (χ4n) is 2.81. The minimum absolute atomic E-state index is 0.175. The molecule has 1 heteroatoms. The maximum Gasteiger partial charge on any atom is 0.131 e. The van der Waals surface area contributed by atoms with Crippen LogP contribution in [0.3, 0.4) is 0 Å². The van der Waals surface area contributed by atoms with Gasteiger partial charge in [0.2, 0.25) is 0 Å². The van der Waals surface area contributed by atoms with Gasteiger partial charge >= 0.3 is 0 Å². The topological polar surface area (TPSA) is 0 Å². The standard InChI is InChI=1S/C22H21F/c1-3-4-17-7-11-19(12-8-17)21-14-13-20(15-22(21)23)18-9-5-16(2)6-10-18/h5-15H,3-4H2,1-2H3. The molecule has 3 aromatic carbocycles. The van der Waals surface area contributed by atoms with Crippen LogP contribution >= 0.6 is 0 Å². The first-order chi connectivity index (χ1) is 11.2. The third kappa shape index (κ3) is 3.50. The minimum Gasteiger partial charge on any atom is -0.206 e. The molecule has 0 N–H and O–H groups in total. The molecule has 0 aliphatic heterocycles. The lowest BCUT2D eigenvalue weighted by atomic mass is 9.98. The number of hydrogen-bond acceptors (Lipinski definition) is 0. The zero-order valence-corrected chi connectivity index (χ0v) is 13.6. The van der Waals surface area contributed by atoms with Gasteiger partial charge in [-0.3, -0.25) is 0 Å². The van der Waals surface area contributed by atoms with Gasteiger partial charge in [0.1, 0.15) is 5.82 Å². The van der Waals surface area contributed by atoms with Crippen LogP contribution in [0.4, 0.5) is 4.39 Å². The van der Waals surface area contributed by atoms with E-state index in [0.717, 1.165) is 29.5 Å². The van der Waals surface area contributed by atoms with E-state index in [1.807, 2.05) is 48.5 Å². The highest BCUT2D eigenvalue weighted by molar-refractivity contribution is 5.71. The molecule has 0 saturated carbocycles. The van der Waals surface area contributed by atoms with Crippen molar-refractivity contribution in [3.8, 4) is 22.3 Å². The molecule has 116 valence electrons. The lowest BCUT2D eigenvalue weighted by Gasteiger charge is -2.08. The van der Waals surface area contributed by atoms with Gasteiger partial charge in [-0.2, -0.15) is 0 Å². The van der Waals surface area contributed by atoms with Gasteiger partial charge in [-0.25, -0.2) is 4.39 Å². The van der Waals surface area contributed by atoms with Gasteiger partial charge in [0.15, 0.2) is 0 Å². The van der Waals surface area contributed by atoms with Crippen molar-refractivity contribution in [3.63, 3.8) is 0 Å². The predicted molar refractivity (Wildman–Crippen MR) is 96.0 cm³/mol. The lowest BCUT2D eigenvalue weighted by Crippen LogP contribution is -1.88. The third-order valence-electron chi connectivity index (χ3n) is 4.16. The third-order valence-corrected chi connectivity index (χ3v) is 4.16. The van der Waals surface area contributed by atoms with E-state index in [1.54, 1.807) is 6.07 Å².